The van der Waals surface area contributed by atoms with E-state index in [1.54, 1.807) is 24.3 Å². The summed E-state index contributed by atoms with van der Waals surface area (Å²) in [6, 6.07) is 11.4. The minimum absolute atomic E-state index is 0.0150. The van der Waals surface area contributed by atoms with Crippen molar-refractivity contribution in [1.82, 2.24) is 4.90 Å². The Morgan fingerprint density at radius 3 is 2.69 bits per heavy atom. The van der Waals surface area contributed by atoms with Crippen LogP contribution < -0.4 is 0 Å². The van der Waals surface area contributed by atoms with Gasteiger partial charge in [-0.25, -0.2) is 4.79 Å². The number of carbonyl (C=O) groups excluding carboxylic acids is 2. The summed E-state index contributed by atoms with van der Waals surface area (Å²) in [5, 5.41) is 18.4. The molecule has 2 amide bonds. The van der Waals surface area contributed by atoms with E-state index in [4.69, 9.17) is 9.52 Å². The fourth-order valence-corrected chi connectivity index (χ4v) is 2.96. The number of amides is 2. The molecule has 0 spiro atoms. The summed E-state index contributed by atoms with van der Waals surface area (Å²) in [4.78, 5) is 37.2. The van der Waals surface area contributed by atoms with Gasteiger partial charge >= 0.3 is 5.97 Å². The van der Waals surface area contributed by atoms with Crippen LogP contribution in [0.2, 0.25) is 0 Å². The molecule has 0 bridgehead atoms. The number of hydrogen-bond acceptors (Lipinski definition) is 5. The van der Waals surface area contributed by atoms with Crippen LogP contribution in [0, 0.1) is 11.3 Å². The highest BCUT2D eigenvalue weighted by Crippen LogP contribution is 2.29. The van der Waals surface area contributed by atoms with E-state index < -0.39 is 17.8 Å². The number of rotatable bonds is 5. The van der Waals surface area contributed by atoms with E-state index in [0.29, 0.717) is 17.1 Å². The van der Waals surface area contributed by atoms with E-state index in [1.807, 2.05) is 6.07 Å². The minimum Gasteiger partial charge on any atom is -0.478 e. The summed E-state index contributed by atoms with van der Waals surface area (Å²) < 4.78 is 5.74. The molecule has 1 aliphatic heterocycles. The maximum atomic E-state index is 12.7. The first kappa shape index (κ1) is 19.6. The molecule has 0 radical (unpaired) electrons. The van der Waals surface area contributed by atoms with Crippen LogP contribution in [0.25, 0.3) is 17.4 Å². The van der Waals surface area contributed by atoms with E-state index in [1.165, 1.54) is 31.2 Å². The predicted octanol–water partition coefficient (Wildman–Crippen LogP) is 3.42. The zero-order valence-corrected chi connectivity index (χ0v) is 15.5. The van der Waals surface area contributed by atoms with Gasteiger partial charge in [-0.05, 0) is 42.8 Å². The standard InChI is InChI=1S/C22H16N2O5/c1-3-9-24-20(25)17(13(2)18(12-23)21(24)26)11-16-7-8-19(29-16)14-5-4-6-15(10-14)22(27)28/h3-8,10-11H,1,9H2,2H3,(H,27,28). The number of nitriles is 1. The molecule has 0 aliphatic carbocycles. The molecule has 0 atom stereocenters. The fourth-order valence-electron chi connectivity index (χ4n) is 2.96. The number of carboxylic acids is 1. The van der Waals surface area contributed by atoms with Crippen molar-refractivity contribution < 1.29 is 23.9 Å². The van der Waals surface area contributed by atoms with Crippen LogP contribution in [0.4, 0.5) is 0 Å². The largest absolute Gasteiger partial charge is 0.478 e. The van der Waals surface area contributed by atoms with Gasteiger partial charge in [0.1, 0.15) is 23.2 Å². The van der Waals surface area contributed by atoms with Gasteiger partial charge in [-0.1, -0.05) is 18.2 Å². The van der Waals surface area contributed by atoms with Crippen molar-refractivity contribution in [2.24, 2.45) is 0 Å². The number of imide groups is 1. The first-order chi connectivity index (χ1) is 13.9. The molecule has 29 heavy (non-hydrogen) atoms. The van der Waals surface area contributed by atoms with E-state index in [2.05, 4.69) is 6.58 Å². The lowest BCUT2D eigenvalue weighted by Crippen LogP contribution is -2.42. The second kappa shape index (κ2) is 7.82. The van der Waals surface area contributed by atoms with Gasteiger partial charge in [0.25, 0.3) is 11.8 Å². The van der Waals surface area contributed by atoms with Gasteiger partial charge in [-0.15, -0.1) is 6.58 Å². The van der Waals surface area contributed by atoms with Crippen LogP contribution in [0.1, 0.15) is 23.0 Å². The topological polar surface area (TPSA) is 112 Å². The van der Waals surface area contributed by atoms with Gasteiger partial charge in [-0.2, -0.15) is 5.26 Å². The minimum atomic E-state index is -1.05. The third kappa shape index (κ3) is 3.64. The number of furan rings is 1. The van der Waals surface area contributed by atoms with Crippen LogP contribution in [0.15, 0.2) is 70.2 Å². The number of carbonyl (C=O) groups is 3. The lowest BCUT2D eigenvalue weighted by Gasteiger charge is -2.26. The molecule has 0 saturated heterocycles. The Morgan fingerprint density at radius 1 is 1.28 bits per heavy atom. The van der Waals surface area contributed by atoms with Crippen LogP contribution in [0.5, 0.6) is 0 Å². The fraction of sp³-hybridized carbons (Fsp3) is 0.0909. The van der Waals surface area contributed by atoms with Crippen LogP contribution in [-0.4, -0.2) is 34.3 Å². The third-order valence-electron chi connectivity index (χ3n) is 4.44. The van der Waals surface area contributed by atoms with Crippen molar-refractivity contribution in [1.29, 1.82) is 5.26 Å². The van der Waals surface area contributed by atoms with Gasteiger partial charge in [-0.3, -0.25) is 14.5 Å². The molecule has 1 aliphatic rings. The lowest BCUT2D eigenvalue weighted by molar-refractivity contribution is -0.139. The first-order valence-corrected chi connectivity index (χ1v) is 8.61. The molecule has 144 valence electrons. The van der Waals surface area contributed by atoms with Crippen molar-refractivity contribution >= 4 is 23.9 Å². The molecular weight excluding hydrogens is 372 g/mol. The van der Waals surface area contributed by atoms with Crippen molar-refractivity contribution in [3.05, 3.63) is 77.1 Å². The summed E-state index contributed by atoms with van der Waals surface area (Å²) >= 11 is 0. The smallest absolute Gasteiger partial charge is 0.335 e. The molecule has 1 aromatic carbocycles. The number of hydrogen-bond donors (Lipinski definition) is 1. The quantitative estimate of drug-likeness (QED) is 0.477. The normalized spacial score (nSPS) is 15.6. The van der Waals surface area contributed by atoms with Crippen LogP contribution in [-0.2, 0) is 9.59 Å². The Bertz CT molecular complexity index is 1140. The maximum absolute atomic E-state index is 12.7. The van der Waals surface area contributed by atoms with Gasteiger partial charge < -0.3 is 9.52 Å². The Labute approximate surface area is 166 Å². The van der Waals surface area contributed by atoms with Crippen molar-refractivity contribution in [2.75, 3.05) is 6.54 Å². The van der Waals surface area contributed by atoms with Crippen molar-refractivity contribution in [3.8, 4) is 17.4 Å². The highest BCUT2D eigenvalue weighted by Gasteiger charge is 2.34. The molecule has 2 aromatic rings. The average Bonchev–Trinajstić information content (AvgIpc) is 3.18. The second-order valence-corrected chi connectivity index (χ2v) is 6.27. The SMILES string of the molecule is C=CCN1C(=O)C(=Cc2ccc(-c3cccc(C(=O)O)c3)o2)C(C)=C(C#N)C1=O. The summed E-state index contributed by atoms with van der Waals surface area (Å²) in [6.45, 7) is 5.05. The summed E-state index contributed by atoms with van der Waals surface area (Å²) in [5.74, 6) is -1.50. The monoisotopic (exact) mass is 388 g/mol. The molecule has 7 heteroatoms. The molecule has 3 rings (SSSR count). The molecule has 7 nitrogen and oxygen atoms in total. The number of nitrogens with zero attached hydrogens (tertiary/aromatic N) is 2. The molecular formula is C22H16N2O5. The number of benzene rings is 1. The Kier molecular flexibility index (Phi) is 5.28. The van der Waals surface area contributed by atoms with Gasteiger partial charge in [0.05, 0.1) is 5.56 Å². The molecule has 0 fully saturated rings. The molecule has 0 unspecified atom stereocenters. The van der Waals surface area contributed by atoms with E-state index >= 15 is 0 Å². The molecule has 2 heterocycles. The predicted molar refractivity (Wildman–Crippen MR) is 104 cm³/mol. The van der Waals surface area contributed by atoms with E-state index in [0.717, 1.165) is 4.90 Å². The zero-order chi connectivity index (χ0) is 21.1. The zero-order valence-electron chi connectivity index (χ0n) is 15.5. The molecule has 1 aromatic heterocycles. The first-order valence-electron chi connectivity index (χ1n) is 8.61. The van der Waals surface area contributed by atoms with Crippen LogP contribution in [0.3, 0.4) is 0 Å². The maximum Gasteiger partial charge on any atom is 0.335 e. The number of aromatic carboxylic acids is 1. The lowest BCUT2D eigenvalue weighted by atomic mass is 9.94. The summed E-state index contributed by atoms with van der Waals surface area (Å²) in [5.41, 5.74) is 1.02. The van der Waals surface area contributed by atoms with Crippen molar-refractivity contribution in [3.63, 3.8) is 0 Å². The average molecular weight is 388 g/mol. The van der Waals surface area contributed by atoms with Gasteiger partial charge in [0, 0.05) is 17.7 Å². The Balaban J connectivity index is 2.03. The van der Waals surface area contributed by atoms with Gasteiger partial charge in [0.15, 0.2) is 0 Å². The summed E-state index contributed by atoms with van der Waals surface area (Å²) in [7, 11) is 0. The third-order valence-corrected chi connectivity index (χ3v) is 4.44. The van der Waals surface area contributed by atoms with E-state index in [-0.39, 0.29) is 28.8 Å². The molecule has 0 saturated carbocycles. The second-order valence-electron chi connectivity index (χ2n) is 6.27. The van der Waals surface area contributed by atoms with E-state index in [9.17, 15) is 19.6 Å². The summed E-state index contributed by atoms with van der Waals surface area (Å²) in [6.07, 6.45) is 2.87. The van der Waals surface area contributed by atoms with Gasteiger partial charge in [0.2, 0.25) is 0 Å². The highest BCUT2D eigenvalue weighted by molar-refractivity contribution is 6.19. The number of carboxylic acid groups (broad SMARTS) is 1. The van der Waals surface area contributed by atoms with Crippen LogP contribution >= 0.6 is 0 Å². The Morgan fingerprint density at radius 2 is 2.03 bits per heavy atom. The highest BCUT2D eigenvalue weighted by atomic mass is 16.4. The molecule has 1 N–H and O–H groups in total. The van der Waals surface area contributed by atoms with Crippen molar-refractivity contribution in [2.45, 2.75) is 6.92 Å². The Hall–Kier alpha value is -4.18.